The number of hydrazine groups is 2. The molecule has 0 aliphatic carbocycles. The lowest BCUT2D eigenvalue weighted by atomic mass is 10.4. The van der Waals surface area contributed by atoms with Gasteiger partial charge in [0.2, 0.25) is 0 Å². The Morgan fingerprint density at radius 2 is 2.36 bits per heavy atom. The Balaban J connectivity index is 2.61. The van der Waals surface area contributed by atoms with Crippen molar-refractivity contribution in [2.45, 2.75) is 19.9 Å². The fourth-order valence-corrected chi connectivity index (χ4v) is 0.715. The van der Waals surface area contributed by atoms with Crippen LogP contribution in [0.5, 0.6) is 0 Å². The highest BCUT2D eigenvalue weighted by atomic mass is 16.4. The number of nitrogens with one attached hydrogen (secondary N) is 2. The molecule has 0 aromatic carbocycles. The van der Waals surface area contributed by atoms with Crippen molar-refractivity contribution >= 4 is 5.97 Å². The standard InChI is InChI=1S/C6H11N3O2/c1-4(2)9-3-5(6(10)11)7-8-9/h3-4,7-8H,1-2H3,(H,10,11). The normalized spacial score (nSPS) is 16.6. The molecule has 62 valence electrons. The Morgan fingerprint density at radius 3 is 2.64 bits per heavy atom. The van der Waals surface area contributed by atoms with Crippen LogP contribution in [0.4, 0.5) is 0 Å². The molecule has 1 aliphatic heterocycles. The highest BCUT2D eigenvalue weighted by Crippen LogP contribution is 2.02. The van der Waals surface area contributed by atoms with E-state index in [-0.39, 0.29) is 11.7 Å². The van der Waals surface area contributed by atoms with Crippen LogP contribution in [-0.4, -0.2) is 22.1 Å². The van der Waals surface area contributed by atoms with Gasteiger partial charge in [-0.15, -0.1) is 5.53 Å². The lowest BCUT2D eigenvalue weighted by Gasteiger charge is -2.18. The number of carboxylic acids is 1. The Bertz CT molecular complexity index is 200. The van der Waals surface area contributed by atoms with Crippen molar-refractivity contribution in [3.8, 4) is 0 Å². The molecule has 0 saturated heterocycles. The minimum absolute atomic E-state index is 0.165. The zero-order valence-electron chi connectivity index (χ0n) is 6.46. The molecular weight excluding hydrogens is 146 g/mol. The number of nitrogens with zero attached hydrogens (tertiary/aromatic N) is 1. The van der Waals surface area contributed by atoms with Gasteiger partial charge in [0.25, 0.3) is 0 Å². The maximum atomic E-state index is 10.4. The molecule has 0 bridgehead atoms. The second kappa shape index (κ2) is 2.79. The second-order valence-corrected chi connectivity index (χ2v) is 2.59. The number of carboxylic acid groups (broad SMARTS) is 1. The molecule has 0 atom stereocenters. The van der Waals surface area contributed by atoms with Gasteiger partial charge in [0.05, 0.1) is 0 Å². The molecule has 0 aromatic heterocycles. The molecule has 1 rings (SSSR count). The van der Waals surface area contributed by atoms with Crippen LogP contribution in [-0.2, 0) is 4.79 Å². The summed E-state index contributed by atoms with van der Waals surface area (Å²) in [5.41, 5.74) is 5.39. The quantitative estimate of drug-likeness (QED) is 0.511. The monoisotopic (exact) mass is 157 g/mol. The third-order valence-corrected chi connectivity index (χ3v) is 1.37. The van der Waals surface area contributed by atoms with Crippen LogP contribution in [0, 0.1) is 0 Å². The van der Waals surface area contributed by atoms with Crippen molar-refractivity contribution in [3.05, 3.63) is 11.9 Å². The summed E-state index contributed by atoms with van der Waals surface area (Å²) < 4.78 is 0. The zero-order chi connectivity index (χ0) is 8.43. The zero-order valence-corrected chi connectivity index (χ0v) is 6.46. The van der Waals surface area contributed by atoms with E-state index in [9.17, 15) is 4.79 Å². The van der Waals surface area contributed by atoms with Crippen molar-refractivity contribution in [3.63, 3.8) is 0 Å². The van der Waals surface area contributed by atoms with Crippen molar-refractivity contribution in [2.24, 2.45) is 0 Å². The van der Waals surface area contributed by atoms with Gasteiger partial charge in [-0.3, -0.25) is 10.4 Å². The molecule has 3 N–H and O–H groups in total. The summed E-state index contributed by atoms with van der Waals surface area (Å²) in [7, 11) is 0. The molecule has 1 heterocycles. The van der Waals surface area contributed by atoms with E-state index in [1.807, 2.05) is 13.8 Å². The predicted octanol–water partition coefficient (Wildman–Crippen LogP) is -0.354. The van der Waals surface area contributed by atoms with Gasteiger partial charge in [0.15, 0.2) is 5.70 Å². The van der Waals surface area contributed by atoms with E-state index < -0.39 is 5.97 Å². The van der Waals surface area contributed by atoms with Gasteiger partial charge in [0.1, 0.15) is 0 Å². The van der Waals surface area contributed by atoms with Crippen LogP contribution >= 0.6 is 0 Å². The minimum atomic E-state index is -0.958. The minimum Gasteiger partial charge on any atom is -0.476 e. The van der Waals surface area contributed by atoms with Crippen LogP contribution in [0.15, 0.2) is 11.9 Å². The molecule has 5 heteroatoms. The van der Waals surface area contributed by atoms with Crippen molar-refractivity contribution in [1.82, 2.24) is 16.0 Å². The van der Waals surface area contributed by atoms with Crippen LogP contribution in [0.2, 0.25) is 0 Å². The fourth-order valence-electron chi connectivity index (χ4n) is 0.715. The van der Waals surface area contributed by atoms with E-state index in [2.05, 4.69) is 11.0 Å². The maximum Gasteiger partial charge on any atom is 0.354 e. The highest BCUT2D eigenvalue weighted by Gasteiger charge is 2.17. The van der Waals surface area contributed by atoms with Crippen molar-refractivity contribution in [1.29, 1.82) is 0 Å². The van der Waals surface area contributed by atoms with Gasteiger partial charge < -0.3 is 5.11 Å². The van der Waals surface area contributed by atoms with Gasteiger partial charge in [-0.2, -0.15) is 0 Å². The first-order valence-corrected chi connectivity index (χ1v) is 3.36. The number of hydrogen-bond acceptors (Lipinski definition) is 4. The Hall–Kier alpha value is -1.23. The SMILES string of the molecule is CC(C)N1C=C(C(=O)O)NN1. The Kier molecular flexibility index (Phi) is 2.00. The van der Waals surface area contributed by atoms with E-state index in [1.165, 1.54) is 6.20 Å². The van der Waals surface area contributed by atoms with Gasteiger partial charge in [-0.05, 0) is 13.8 Å². The van der Waals surface area contributed by atoms with Crippen LogP contribution < -0.4 is 11.0 Å². The smallest absolute Gasteiger partial charge is 0.354 e. The second-order valence-electron chi connectivity index (χ2n) is 2.59. The first-order chi connectivity index (χ1) is 5.11. The summed E-state index contributed by atoms with van der Waals surface area (Å²) in [6, 6.07) is 0.236. The summed E-state index contributed by atoms with van der Waals surface area (Å²) in [4.78, 5) is 10.4. The first-order valence-electron chi connectivity index (χ1n) is 3.36. The van der Waals surface area contributed by atoms with Crippen LogP contribution in [0.25, 0.3) is 0 Å². The van der Waals surface area contributed by atoms with E-state index >= 15 is 0 Å². The van der Waals surface area contributed by atoms with Crippen molar-refractivity contribution in [2.75, 3.05) is 0 Å². The molecular formula is C6H11N3O2. The molecule has 0 aromatic rings. The summed E-state index contributed by atoms with van der Waals surface area (Å²) in [5, 5.41) is 10.2. The molecule has 0 unspecified atom stereocenters. The van der Waals surface area contributed by atoms with E-state index in [0.717, 1.165) is 0 Å². The summed E-state index contributed by atoms with van der Waals surface area (Å²) in [6.07, 6.45) is 1.52. The summed E-state index contributed by atoms with van der Waals surface area (Å²) in [5.74, 6) is -0.958. The molecule has 0 fully saturated rings. The van der Waals surface area contributed by atoms with Crippen LogP contribution in [0.3, 0.4) is 0 Å². The largest absolute Gasteiger partial charge is 0.476 e. The van der Waals surface area contributed by atoms with Crippen molar-refractivity contribution < 1.29 is 9.90 Å². The molecule has 5 nitrogen and oxygen atoms in total. The molecule has 0 amide bonds. The van der Waals surface area contributed by atoms with E-state index in [0.29, 0.717) is 0 Å². The topological polar surface area (TPSA) is 64.6 Å². The van der Waals surface area contributed by atoms with E-state index in [4.69, 9.17) is 5.11 Å². The third kappa shape index (κ3) is 1.62. The molecule has 1 aliphatic rings. The van der Waals surface area contributed by atoms with Gasteiger partial charge in [-0.1, -0.05) is 0 Å². The first kappa shape index (κ1) is 7.87. The van der Waals surface area contributed by atoms with Gasteiger partial charge >= 0.3 is 5.97 Å². The third-order valence-electron chi connectivity index (χ3n) is 1.37. The highest BCUT2D eigenvalue weighted by molar-refractivity contribution is 5.85. The van der Waals surface area contributed by atoms with Gasteiger partial charge in [-0.25, -0.2) is 4.79 Å². The number of rotatable bonds is 2. The average Bonchev–Trinajstić information content (AvgIpc) is 2.33. The maximum absolute atomic E-state index is 10.4. The fraction of sp³-hybridized carbons (Fsp3) is 0.500. The van der Waals surface area contributed by atoms with E-state index in [1.54, 1.807) is 5.01 Å². The summed E-state index contributed by atoms with van der Waals surface area (Å²) >= 11 is 0. The molecule has 0 radical (unpaired) electrons. The van der Waals surface area contributed by atoms with Gasteiger partial charge in [0, 0.05) is 12.2 Å². The summed E-state index contributed by atoms with van der Waals surface area (Å²) in [6.45, 7) is 3.91. The molecule has 0 spiro atoms. The number of hydrogen-bond donors (Lipinski definition) is 3. The number of carbonyl (C=O) groups is 1. The average molecular weight is 157 g/mol. The Labute approximate surface area is 64.6 Å². The lowest BCUT2D eigenvalue weighted by molar-refractivity contribution is -0.133. The Morgan fingerprint density at radius 1 is 1.73 bits per heavy atom. The molecule has 11 heavy (non-hydrogen) atoms. The predicted molar refractivity (Wildman–Crippen MR) is 39.0 cm³/mol. The number of aliphatic carboxylic acids is 1. The lowest BCUT2D eigenvalue weighted by Crippen LogP contribution is -2.40. The van der Waals surface area contributed by atoms with Crippen LogP contribution in [0.1, 0.15) is 13.8 Å². The molecule has 0 saturated carbocycles.